The van der Waals surface area contributed by atoms with Gasteiger partial charge in [0.25, 0.3) is 5.91 Å². The van der Waals surface area contributed by atoms with Crippen LogP contribution in [0, 0.1) is 12.8 Å². The van der Waals surface area contributed by atoms with Gasteiger partial charge in [-0.1, -0.05) is 0 Å². The van der Waals surface area contributed by atoms with Crippen LogP contribution in [-0.4, -0.2) is 46.3 Å². The van der Waals surface area contributed by atoms with Gasteiger partial charge in [-0.15, -0.1) is 0 Å². The number of benzene rings is 1. The van der Waals surface area contributed by atoms with Crippen LogP contribution in [0.3, 0.4) is 0 Å². The van der Waals surface area contributed by atoms with Gasteiger partial charge in [0.1, 0.15) is 0 Å². The molecule has 0 spiro atoms. The van der Waals surface area contributed by atoms with Crippen molar-refractivity contribution in [2.45, 2.75) is 26.7 Å². The van der Waals surface area contributed by atoms with Gasteiger partial charge in [0, 0.05) is 30.5 Å². The molecule has 6 heteroatoms. The van der Waals surface area contributed by atoms with E-state index in [4.69, 9.17) is 4.74 Å². The number of carbonyl (C=O) groups excluding carboxylic acids is 2. The third-order valence-electron chi connectivity index (χ3n) is 4.59. The summed E-state index contributed by atoms with van der Waals surface area (Å²) in [7, 11) is 0. The molecule has 2 aromatic rings. The third kappa shape index (κ3) is 3.73. The lowest BCUT2D eigenvalue weighted by Gasteiger charge is -2.31. The summed E-state index contributed by atoms with van der Waals surface area (Å²) in [6.45, 7) is 5.37. The molecule has 1 aromatic heterocycles. The zero-order valence-corrected chi connectivity index (χ0v) is 14.6. The smallest absolute Gasteiger partial charge is 0.309 e. The molecule has 0 bridgehead atoms. The predicted molar refractivity (Wildman–Crippen MR) is 93.6 cm³/mol. The normalized spacial score (nSPS) is 15.2. The van der Waals surface area contributed by atoms with Crippen LogP contribution in [0.5, 0.6) is 0 Å². The average molecular weight is 341 g/mol. The van der Waals surface area contributed by atoms with Crippen LogP contribution in [0.1, 0.15) is 35.8 Å². The molecule has 0 radical (unpaired) electrons. The van der Waals surface area contributed by atoms with E-state index in [1.807, 2.05) is 53.8 Å². The van der Waals surface area contributed by atoms with Gasteiger partial charge in [0.2, 0.25) is 0 Å². The number of ether oxygens (including phenoxy) is 1. The summed E-state index contributed by atoms with van der Waals surface area (Å²) < 4.78 is 6.90. The second-order valence-electron chi connectivity index (χ2n) is 6.25. The number of hydrogen-bond donors (Lipinski definition) is 0. The second kappa shape index (κ2) is 7.51. The molecule has 132 valence electrons. The van der Waals surface area contributed by atoms with Crippen molar-refractivity contribution in [3.63, 3.8) is 0 Å². The number of aryl methyl sites for hydroxylation is 1. The molecule has 1 fully saturated rings. The SMILES string of the molecule is CCOC(=O)C1CCN(C(=O)c2ccc(-n3nccc3C)cc2)CC1. The molecule has 0 N–H and O–H groups in total. The zero-order chi connectivity index (χ0) is 17.8. The van der Waals surface area contributed by atoms with E-state index in [0.717, 1.165) is 11.4 Å². The third-order valence-corrected chi connectivity index (χ3v) is 4.59. The molecule has 0 atom stereocenters. The van der Waals surface area contributed by atoms with Crippen molar-refractivity contribution in [1.29, 1.82) is 0 Å². The van der Waals surface area contributed by atoms with Crippen LogP contribution in [-0.2, 0) is 9.53 Å². The number of rotatable bonds is 4. The van der Waals surface area contributed by atoms with Crippen LogP contribution < -0.4 is 0 Å². The van der Waals surface area contributed by atoms with Gasteiger partial charge in [0.15, 0.2) is 0 Å². The van der Waals surface area contributed by atoms with Crippen molar-refractivity contribution in [3.05, 3.63) is 47.8 Å². The van der Waals surface area contributed by atoms with E-state index in [-0.39, 0.29) is 17.8 Å². The molecule has 1 aliphatic rings. The molecule has 1 aromatic carbocycles. The van der Waals surface area contributed by atoms with Crippen LogP contribution in [0.4, 0.5) is 0 Å². The number of amides is 1. The summed E-state index contributed by atoms with van der Waals surface area (Å²) in [5.74, 6) is -0.228. The summed E-state index contributed by atoms with van der Waals surface area (Å²) in [4.78, 5) is 26.3. The lowest BCUT2D eigenvalue weighted by molar-refractivity contribution is -0.149. The molecule has 1 amide bonds. The van der Waals surface area contributed by atoms with E-state index in [1.54, 1.807) is 6.20 Å². The molecule has 0 saturated carbocycles. The van der Waals surface area contributed by atoms with E-state index < -0.39 is 0 Å². The minimum atomic E-state index is -0.145. The summed E-state index contributed by atoms with van der Waals surface area (Å²) in [6, 6.07) is 9.40. The van der Waals surface area contributed by atoms with Crippen molar-refractivity contribution in [2.75, 3.05) is 19.7 Å². The van der Waals surface area contributed by atoms with Crippen molar-refractivity contribution >= 4 is 11.9 Å². The fraction of sp³-hybridized carbons (Fsp3) is 0.421. The fourth-order valence-corrected chi connectivity index (χ4v) is 3.15. The van der Waals surface area contributed by atoms with Crippen LogP contribution in [0.25, 0.3) is 5.69 Å². The fourth-order valence-electron chi connectivity index (χ4n) is 3.15. The lowest BCUT2D eigenvalue weighted by atomic mass is 9.96. The molecule has 0 unspecified atom stereocenters. The van der Waals surface area contributed by atoms with Crippen LogP contribution in [0.2, 0.25) is 0 Å². The van der Waals surface area contributed by atoms with E-state index in [0.29, 0.717) is 38.1 Å². The van der Waals surface area contributed by atoms with E-state index in [2.05, 4.69) is 5.10 Å². The first-order valence-corrected chi connectivity index (χ1v) is 8.67. The van der Waals surface area contributed by atoms with Crippen molar-refractivity contribution < 1.29 is 14.3 Å². The predicted octanol–water partition coefficient (Wildman–Crippen LogP) is 2.60. The van der Waals surface area contributed by atoms with Gasteiger partial charge < -0.3 is 9.64 Å². The highest BCUT2D eigenvalue weighted by atomic mass is 16.5. The molecule has 25 heavy (non-hydrogen) atoms. The maximum atomic E-state index is 12.7. The highest BCUT2D eigenvalue weighted by Gasteiger charge is 2.28. The Kier molecular flexibility index (Phi) is 5.16. The topological polar surface area (TPSA) is 64.4 Å². The largest absolute Gasteiger partial charge is 0.466 e. The van der Waals surface area contributed by atoms with Gasteiger partial charge in [-0.3, -0.25) is 9.59 Å². The minimum Gasteiger partial charge on any atom is -0.466 e. The molecule has 3 rings (SSSR count). The van der Waals surface area contributed by atoms with Gasteiger partial charge in [0.05, 0.1) is 18.2 Å². The monoisotopic (exact) mass is 341 g/mol. The Bertz CT molecular complexity index is 744. The number of esters is 1. The first kappa shape index (κ1) is 17.2. The lowest BCUT2D eigenvalue weighted by Crippen LogP contribution is -2.40. The number of likely N-dealkylation sites (tertiary alicyclic amines) is 1. The minimum absolute atomic E-state index is 0.00560. The quantitative estimate of drug-likeness (QED) is 0.802. The Hall–Kier alpha value is -2.63. The zero-order valence-electron chi connectivity index (χ0n) is 14.6. The van der Waals surface area contributed by atoms with E-state index >= 15 is 0 Å². The maximum Gasteiger partial charge on any atom is 0.309 e. The van der Waals surface area contributed by atoms with Crippen LogP contribution >= 0.6 is 0 Å². The number of nitrogens with zero attached hydrogens (tertiary/aromatic N) is 3. The highest BCUT2D eigenvalue weighted by molar-refractivity contribution is 5.94. The molecule has 1 saturated heterocycles. The second-order valence-corrected chi connectivity index (χ2v) is 6.25. The molecule has 2 heterocycles. The average Bonchev–Trinajstić information content (AvgIpc) is 3.07. The Balaban J connectivity index is 1.62. The number of piperidine rings is 1. The van der Waals surface area contributed by atoms with E-state index in [1.165, 1.54) is 0 Å². The summed E-state index contributed by atoms with van der Waals surface area (Å²) in [6.07, 6.45) is 3.08. The van der Waals surface area contributed by atoms with Crippen molar-refractivity contribution in [3.8, 4) is 5.69 Å². The summed E-state index contributed by atoms with van der Waals surface area (Å²) in [5, 5.41) is 4.27. The Labute approximate surface area is 147 Å². The first-order chi connectivity index (χ1) is 12.1. The number of carbonyl (C=O) groups is 2. The van der Waals surface area contributed by atoms with Crippen molar-refractivity contribution in [2.24, 2.45) is 5.92 Å². The first-order valence-electron chi connectivity index (χ1n) is 8.67. The number of aromatic nitrogens is 2. The summed E-state index contributed by atoms with van der Waals surface area (Å²) in [5.41, 5.74) is 2.63. The van der Waals surface area contributed by atoms with E-state index in [9.17, 15) is 9.59 Å². The number of hydrogen-bond acceptors (Lipinski definition) is 4. The Morgan fingerprint density at radius 3 is 2.40 bits per heavy atom. The van der Waals surface area contributed by atoms with Gasteiger partial charge >= 0.3 is 5.97 Å². The molecular formula is C19H23N3O3. The standard InChI is InChI=1S/C19H23N3O3/c1-3-25-19(24)16-9-12-21(13-10-16)18(23)15-4-6-17(7-5-15)22-14(2)8-11-20-22/h4-8,11,16H,3,9-10,12-13H2,1-2H3. The van der Waals surface area contributed by atoms with Gasteiger partial charge in [-0.25, -0.2) is 4.68 Å². The van der Waals surface area contributed by atoms with Gasteiger partial charge in [-0.2, -0.15) is 5.10 Å². The molecule has 1 aliphatic heterocycles. The molecule has 6 nitrogen and oxygen atoms in total. The van der Waals surface area contributed by atoms with Gasteiger partial charge in [-0.05, 0) is 57.0 Å². The molecule has 0 aliphatic carbocycles. The molecular weight excluding hydrogens is 318 g/mol. The highest BCUT2D eigenvalue weighted by Crippen LogP contribution is 2.21. The maximum absolute atomic E-state index is 12.7. The van der Waals surface area contributed by atoms with Crippen LogP contribution in [0.15, 0.2) is 36.5 Å². The van der Waals surface area contributed by atoms with Crippen molar-refractivity contribution in [1.82, 2.24) is 14.7 Å². The Morgan fingerprint density at radius 2 is 1.84 bits per heavy atom. The Morgan fingerprint density at radius 1 is 1.16 bits per heavy atom. The summed E-state index contributed by atoms with van der Waals surface area (Å²) >= 11 is 0.